The first-order chi connectivity index (χ1) is 16.1. The van der Waals surface area contributed by atoms with Crippen LogP contribution in [0.5, 0.6) is 0 Å². The standard InChI is InChI=1S/C25H21N3O3S2/c1-30-13-7-12-27-24(29)22(33-25(27)32)15-18-16-28(19-9-3-2-4-10-19)26-23(18)21-14-17-8-5-6-11-20(17)31-21/h2-6,8-11,14-16H,7,12-13H2,1H3/b22-15-. The van der Waals surface area contributed by atoms with Crippen molar-refractivity contribution in [3.05, 3.63) is 77.3 Å². The number of aromatic nitrogens is 2. The van der Waals surface area contributed by atoms with Gasteiger partial charge in [0.05, 0.1) is 10.6 Å². The van der Waals surface area contributed by atoms with Gasteiger partial charge in [-0.3, -0.25) is 9.69 Å². The monoisotopic (exact) mass is 475 g/mol. The number of benzene rings is 2. The Morgan fingerprint density at radius 3 is 2.73 bits per heavy atom. The summed E-state index contributed by atoms with van der Waals surface area (Å²) in [4.78, 5) is 15.2. The zero-order valence-corrected chi connectivity index (χ0v) is 19.6. The van der Waals surface area contributed by atoms with E-state index >= 15 is 0 Å². The number of carbonyl (C=O) groups excluding carboxylic acids is 1. The van der Waals surface area contributed by atoms with E-state index in [1.54, 1.807) is 16.7 Å². The summed E-state index contributed by atoms with van der Waals surface area (Å²) >= 11 is 6.77. The molecule has 1 saturated heterocycles. The third kappa shape index (κ3) is 4.37. The number of ether oxygens (including phenoxy) is 1. The molecule has 0 spiro atoms. The summed E-state index contributed by atoms with van der Waals surface area (Å²) in [5, 5.41) is 5.80. The number of para-hydroxylation sites is 2. The van der Waals surface area contributed by atoms with Gasteiger partial charge in [0.2, 0.25) is 0 Å². The molecule has 33 heavy (non-hydrogen) atoms. The van der Waals surface area contributed by atoms with Crippen molar-refractivity contribution in [1.82, 2.24) is 14.7 Å². The van der Waals surface area contributed by atoms with Crippen LogP contribution in [0.4, 0.5) is 0 Å². The average Bonchev–Trinajstić information content (AvgIpc) is 3.52. The van der Waals surface area contributed by atoms with Gasteiger partial charge in [0.1, 0.15) is 15.6 Å². The molecule has 6 nitrogen and oxygen atoms in total. The third-order valence-electron chi connectivity index (χ3n) is 5.31. The summed E-state index contributed by atoms with van der Waals surface area (Å²) in [6.07, 6.45) is 4.49. The highest BCUT2D eigenvalue weighted by Gasteiger charge is 2.32. The smallest absolute Gasteiger partial charge is 0.266 e. The van der Waals surface area contributed by atoms with Gasteiger partial charge in [0.15, 0.2) is 5.76 Å². The molecule has 1 amide bonds. The Hall–Kier alpha value is -3.20. The van der Waals surface area contributed by atoms with Gasteiger partial charge in [-0.05, 0) is 36.8 Å². The molecule has 166 valence electrons. The van der Waals surface area contributed by atoms with Crippen molar-refractivity contribution in [2.24, 2.45) is 0 Å². The quantitative estimate of drug-likeness (QED) is 0.199. The van der Waals surface area contributed by atoms with Crippen molar-refractivity contribution < 1.29 is 13.9 Å². The van der Waals surface area contributed by atoms with E-state index in [1.165, 1.54) is 11.8 Å². The number of rotatable bonds is 7. The number of fused-ring (bicyclic) bond motifs is 1. The lowest BCUT2D eigenvalue weighted by Gasteiger charge is -2.13. The number of thiocarbonyl (C=S) groups is 1. The maximum absolute atomic E-state index is 13.0. The van der Waals surface area contributed by atoms with Crippen molar-refractivity contribution in [2.45, 2.75) is 6.42 Å². The number of carbonyl (C=O) groups is 1. The minimum atomic E-state index is -0.0934. The molecule has 0 atom stereocenters. The molecule has 4 aromatic rings. The van der Waals surface area contributed by atoms with Gasteiger partial charge < -0.3 is 9.15 Å². The highest BCUT2D eigenvalue weighted by molar-refractivity contribution is 8.26. The molecule has 3 heterocycles. The van der Waals surface area contributed by atoms with Crippen molar-refractivity contribution >= 4 is 51.3 Å². The minimum absolute atomic E-state index is 0.0934. The van der Waals surface area contributed by atoms with E-state index in [2.05, 4.69) is 0 Å². The van der Waals surface area contributed by atoms with Crippen LogP contribution in [0, 0.1) is 0 Å². The normalized spacial score (nSPS) is 15.3. The van der Waals surface area contributed by atoms with Crippen LogP contribution in [0.1, 0.15) is 12.0 Å². The second-order valence-electron chi connectivity index (χ2n) is 7.54. The molecule has 0 aliphatic carbocycles. The van der Waals surface area contributed by atoms with Crippen LogP contribution < -0.4 is 0 Å². The predicted molar refractivity (Wildman–Crippen MR) is 135 cm³/mol. The molecule has 8 heteroatoms. The van der Waals surface area contributed by atoms with Crippen LogP contribution in [-0.4, -0.2) is 45.2 Å². The van der Waals surface area contributed by atoms with Gasteiger partial charge in [-0.2, -0.15) is 5.10 Å². The van der Waals surface area contributed by atoms with Crippen LogP contribution in [0.15, 0.2) is 76.2 Å². The highest BCUT2D eigenvalue weighted by atomic mass is 32.2. The molecule has 2 aromatic heterocycles. The zero-order chi connectivity index (χ0) is 22.8. The molecule has 0 radical (unpaired) electrons. The van der Waals surface area contributed by atoms with Gasteiger partial charge in [0.25, 0.3) is 5.91 Å². The van der Waals surface area contributed by atoms with E-state index in [9.17, 15) is 4.79 Å². The van der Waals surface area contributed by atoms with E-state index in [-0.39, 0.29) is 5.91 Å². The van der Waals surface area contributed by atoms with E-state index in [0.717, 1.165) is 28.6 Å². The number of amides is 1. The van der Waals surface area contributed by atoms with E-state index < -0.39 is 0 Å². The summed E-state index contributed by atoms with van der Waals surface area (Å²) in [5.41, 5.74) is 3.16. The van der Waals surface area contributed by atoms with Gasteiger partial charge in [-0.25, -0.2) is 4.68 Å². The van der Waals surface area contributed by atoms with Crippen LogP contribution >= 0.6 is 24.0 Å². The Balaban J connectivity index is 1.55. The lowest BCUT2D eigenvalue weighted by molar-refractivity contribution is -0.122. The van der Waals surface area contributed by atoms with E-state index in [0.29, 0.717) is 33.8 Å². The Labute approximate surface area is 200 Å². The first-order valence-corrected chi connectivity index (χ1v) is 11.7. The van der Waals surface area contributed by atoms with Crippen molar-refractivity contribution in [2.75, 3.05) is 20.3 Å². The predicted octanol–water partition coefficient (Wildman–Crippen LogP) is 5.52. The van der Waals surface area contributed by atoms with Gasteiger partial charge >= 0.3 is 0 Å². The molecule has 0 saturated carbocycles. The van der Waals surface area contributed by atoms with Crippen LogP contribution in [0.2, 0.25) is 0 Å². The van der Waals surface area contributed by atoms with Crippen LogP contribution in [-0.2, 0) is 9.53 Å². The fourth-order valence-electron chi connectivity index (χ4n) is 3.70. The zero-order valence-electron chi connectivity index (χ0n) is 17.9. The SMILES string of the molecule is COCCCN1C(=O)/C(=C/c2cn(-c3ccccc3)nc2-c2cc3ccccc3o2)SC1=S. The summed E-state index contributed by atoms with van der Waals surface area (Å²) in [7, 11) is 1.65. The molecular weight excluding hydrogens is 454 g/mol. The van der Waals surface area contributed by atoms with Gasteiger partial charge in [-0.15, -0.1) is 0 Å². The summed E-state index contributed by atoms with van der Waals surface area (Å²) in [6, 6.07) is 19.7. The Bertz CT molecular complexity index is 1320. The minimum Gasteiger partial charge on any atom is -0.454 e. The molecule has 0 unspecified atom stereocenters. The first kappa shape index (κ1) is 21.6. The Morgan fingerprint density at radius 2 is 1.94 bits per heavy atom. The molecule has 1 aliphatic rings. The second-order valence-corrected chi connectivity index (χ2v) is 9.22. The summed E-state index contributed by atoms with van der Waals surface area (Å²) in [6.45, 7) is 1.12. The first-order valence-electron chi connectivity index (χ1n) is 10.5. The molecule has 5 rings (SSSR count). The lowest BCUT2D eigenvalue weighted by Crippen LogP contribution is -2.29. The number of methoxy groups -OCH3 is 1. The largest absolute Gasteiger partial charge is 0.454 e. The molecular formula is C25H21N3O3S2. The summed E-state index contributed by atoms with van der Waals surface area (Å²) < 4.78 is 13.6. The Kier molecular flexibility index (Phi) is 6.13. The van der Waals surface area contributed by atoms with Gasteiger partial charge in [0, 0.05) is 37.4 Å². The van der Waals surface area contributed by atoms with Crippen molar-refractivity contribution in [1.29, 1.82) is 0 Å². The molecule has 0 N–H and O–H groups in total. The average molecular weight is 476 g/mol. The molecule has 1 fully saturated rings. The number of thioether (sulfide) groups is 1. The van der Waals surface area contributed by atoms with Gasteiger partial charge in [-0.1, -0.05) is 60.4 Å². The van der Waals surface area contributed by atoms with E-state index in [1.807, 2.05) is 72.9 Å². The highest BCUT2D eigenvalue weighted by Crippen LogP contribution is 2.36. The topological polar surface area (TPSA) is 60.5 Å². The maximum atomic E-state index is 13.0. The fraction of sp³-hybridized carbons (Fsp3) is 0.160. The van der Waals surface area contributed by atoms with Crippen molar-refractivity contribution in [3.63, 3.8) is 0 Å². The number of furan rings is 1. The number of hydrogen-bond donors (Lipinski definition) is 0. The number of nitrogens with zero attached hydrogens (tertiary/aromatic N) is 3. The molecule has 1 aliphatic heterocycles. The second kappa shape index (κ2) is 9.35. The van der Waals surface area contributed by atoms with E-state index in [4.69, 9.17) is 26.5 Å². The lowest BCUT2D eigenvalue weighted by atomic mass is 10.1. The summed E-state index contributed by atoms with van der Waals surface area (Å²) in [5.74, 6) is 0.553. The molecule has 0 bridgehead atoms. The fourth-order valence-corrected chi connectivity index (χ4v) is 5.00. The Morgan fingerprint density at radius 1 is 1.15 bits per heavy atom. The van der Waals surface area contributed by atoms with Crippen LogP contribution in [0.25, 0.3) is 34.2 Å². The molecule has 2 aromatic carbocycles. The third-order valence-corrected chi connectivity index (χ3v) is 6.69. The van der Waals surface area contributed by atoms with Crippen LogP contribution in [0.3, 0.4) is 0 Å². The van der Waals surface area contributed by atoms with Crippen molar-refractivity contribution in [3.8, 4) is 17.1 Å². The number of hydrogen-bond acceptors (Lipinski definition) is 6. The maximum Gasteiger partial charge on any atom is 0.266 e.